The number of nitrogens with zero attached hydrogens (tertiary/aromatic N) is 1. The van der Waals surface area contributed by atoms with E-state index < -0.39 is 0 Å². The van der Waals surface area contributed by atoms with Gasteiger partial charge in [-0.15, -0.1) is 0 Å². The fraction of sp³-hybridized carbons (Fsp3) is 0.750. The van der Waals surface area contributed by atoms with Gasteiger partial charge in [0, 0.05) is 6.92 Å². The summed E-state index contributed by atoms with van der Waals surface area (Å²) in [5.41, 5.74) is 0.290. The summed E-state index contributed by atoms with van der Waals surface area (Å²) in [4.78, 5) is 10.7. The van der Waals surface area contributed by atoms with Gasteiger partial charge in [-0.05, 0) is 12.8 Å². The maximum atomic E-state index is 10.7. The Labute approximate surface area is 67.1 Å². The van der Waals surface area contributed by atoms with Crippen LogP contribution in [0.2, 0.25) is 0 Å². The Bertz CT molecular complexity index is 152. The Morgan fingerprint density at radius 3 is 2.45 bits per heavy atom. The van der Waals surface area contributed by atoms with Crippen molar-refractivity contribution in [3.8, 4) is 0 Å². The molecule has 0 fully saturated rings. The van der Waals surface area contributed by atoms with E-state index in [0.717, 1.165) is 19.3 Å². The summed E-state index contributed by atoms with van der Waals surface area (Å²) in [6, 6.07) is 0. The highest BCUT2D eigenvalue weighted by Gasteiger charge is 2.04. The van der Waals surface area contributed by atoms with Crippen LogP contribution in [-0.4, -0.2) is 16.7 Å². The van der Waals surface area contributed by atoms with Crippen LogP contribution in [0.25, 0.3) is 0 Å². The molecule has 0 aromatic rings. The second-order valence-corrected chi connectivity index (χ2v) is 2.56. The van der Waals surface area contributed by atoms with Gasteiger partial charge in [-0.1, -0.05) is 24.9 Å². The maximum absolute atomic E-state index is 10.7. The topological polar surface area (TPSA) is 49.7 Å². The van der Waals surface area contributed by atoms with Gasteiger partial charge in [0.1, 0.15) is 5.71 Å². The molecule has 0 aromatic heterocycles. The zero-order chi connectivity index (χ0) is 8.69. The van der Waals surface area contributed by atoms with Crippen molar-refractivity contribution in [3.63, 3.8) is 0 Å². The summed E-state index contributed by atoms with van der Waals surface area (Å²) >= 11 is 0. The third-order valence-corrected chi connectivity index (χ3v) is 1.54. The van der Waals surface area contributed by atoms with Crippen LogP contribution in [-0.2, 0) is 4.79 Å². The highest BCUT2D eigenvalue weighted by atomic mass is 16.4. The van der Waals surface area contributed by atoms with Gasteiger partial charge in [-0.3, -0.25) is 4.79 Å². The van der Waals surface area contributed by atoms with Gasteiger partial charge in [0.25, 0.3) is 0 Å². The van der Waals surface area contributed by atoms with Crippen LogP contribution in [0.1, 0.15) is 39.5 Å². The quantitative estimate of drug-likeness (QED) is 0.287. The Kier molecular flexibility index (Phi) is 5.43. The molecule has 0 saturated heterocycles. The monoisotopic (exact) mass is 157 g/mol. The summed E-state index contributed by atoms with van der Waals surface area (Å²) in [6.45, 7) is 3.50. The second-order valence-electron chi connectivity index (χ2n) is 2.56. The van der Waals surface area contributed by atoms with Gasteiger partial charge in [-0.25, -0.2) is 0 Å². The minimum Gasteiger partial charge on any atom is -0.411 e. The predicted molar refractivity (Wildman–Crippen MR) is 44.0 cm³/mol. The van der Waals surface area contributed by atoms with Gasteiger partial charge in [0.05, 0.1) is 0 Å². The van der Waals surface area contributed by atoms with Crippen molar-refractivity contribution in [2.75, 3.05) is 0 Å². The van der Waals surface area contributed by atoms with E-state index in [0.29, 0.717) is 12.1 Å². The molecule has 11 heavy (non-hydrogen) atoms. The van der Waals surface area contributed by atoms with Gasteiger partial charge in [0.2, 0.25) is 0 Å². The minimum absolute atomic E-state index is 0.136. The average Bonchev–Trinajstić information content (AvgIpc) is 1.97. The standard InChI is InChI=1S/C8H15NO2/c1-3-4-5-6-8(9-11)7(2)10/h11H,3-6H2,1-2H3. The number of hydrogen-bond acceptors (Lipinski definition) is 3. The smallest absolute Gasteiger partial charge is 0.177 e. The number of Topliss-reactive ketones (excluding diaryl/α,β-unsaturated/α-hetero) is 1. The highest BCUT2D eigenvalue weighted by Crippen LogP contribution is 2.01. The molecule has 0 aromatic carbocycles. The number of carbonyl (C=O) groups is 1. The van der Waals surface area contributed by atoms with Crippen LogP contribution in [0, 0.1) is 0 Å². The molecule has 3 nitrogen and oxygen atoms in total. The molecule has 0 amide bonds. The SMILES string of the molecule is CCCCCC(=NO)C(C)=O. The van der Waals surface area contributed by atoms with Gasteiger partial charge >= 0.3 is 0 Å². The predicted octanol–water partition coefficient (Wildman–Crippen LogP) is 1.99. The molecule has 0 aliphatic rings. The Morgan fingerprint density at radius 2 is 2.09 bits per heavy atom. The largest absolute Gasteiger partial charge is 0.411 e. The van der Waals surface area contributed by atoms with Crippen molar-refractivity contribution >= 4 is 11.5 Å². The van der Waals surface area contributed by atoms with Crippen LogP contribution >= 0.6 is 0 Å². The summed E-state index contributed by atoms with van der Waals surface area (Å²) in [5, 5.41) is 11.3. The molecule has 0 radical (unpaired) electrons. The lowest BCUT2D eigenvalue weighted by Crippen LogP contribution is -2.09. The Hall–Kier alpha value is -0.860. The second kappa shape index (κ2) is 5.89. The molecule has 0 atom stereocenters. The van der Waals surface area contributed by atoms with Gasteiger partial charge in [0.15, 0.2) is 5.78 Å². The highest BCUT2D eigenvalue weighted by molar-refractivity contribution is 6.38. The third-order valence-electron chi connectivity index (χ3n) is 1.54. The molecule has 0 heterocycles. The summed E-state index contributed by atoms with van der Waals surface area (Å²) in [7, 11) is 0. The first-order chi connectivity index (χ1) is 5.22. The summed E-state index contributed by atoms with van der Waals surface area (Å²) in [6.07, 6.45) is 3.71. The fourth-order valence-corrected chi connectivity index (χ4v) is 0.839. The van der Waals surface area contributed by atoms with Crippen LogP contribution in [0.15, 0.2) is 5.16 Å². The Morgan fingerprint density at radius 1 is 1.45 bits per heavy atom. The molecule has 0 saturated carbocycles. The van der Waals surface area contributed by atoms with Crippen LogP contribution in [0.3, 0.4) is 0 Å². The number of oxime groups is 1. The minimum atomic E-state index is -0.136. The molecular formula is C8H15NO2. The third kappa shape index (κ3) is 4.53. The van der Waals surface area contributed by atoms with Crippen LogP contribution < -0.4 is 0 Å². The fourth-order valence-electron chi connectivity index (χ4n) is 0.839. The molecule has 64 valence electrons. The molecule has 0 spiro atoms. The molecule has 0 rings (SSSR count). The van der Waals surface area contributed by atoms with Crippen LogP contribution in [0.5, 0.6) is 0 Å². The maximum Gasteiger partial charge on any atom is 0.177 e. The first-order valence-corrected chi connectivity index (χ1v) is 3.94. The summed E-state index contributed by atoms with van der Waals surface area (Å²) in [5.74, 6) is -0.136. The van der Waals surface area contributed by atoms with Crippen molar-refractivity contribution < 1.29 is 10.0 Å². The number of carbonyl (C=O) groups excluding carboxylic acids is 1. The summed E-state index contributed by atoms with van der Waals surface area (Å²) < 4.78 is 0. The van der Waals surface area contributed by atoms with E-state index in [2.05, 4.69) is 12.1 Å². The molecular weight excluding hydrogens is 142 g/mol. The number of unbranched alkanes of at least 4 members (excludes halogenated alkanes) is 2. The van der Waals surface area contributed by atoms with E-state index in [1.807, 2.05) is 0 Å². The normalized spacial score (nSPS) is 11.6. The van der Waals surface area contributed by atoms with E-state index in [1.165, 1.54) is 6.92 Å². The van der Waals surface area contributed by atoms with E-state index >= 15 is 0 Å². The number of ketones is 1. The molecule has 0 aliphatic heterocycles. The van der Waals surface area contributed by atoms with Crippen molar-refractivity contribution in [2.24, 2.45) is 5.16 Å². The first kappa shape index (κ1) is 10.1. The number of rotatable bonds is 5. The van der Waals surface area contributed by atoms with E-state index in [9.17, 15) is 4.79 Å². The molecule has 0 bridgehead atoms. The van der Waals surface area contributed by atoms with E-state index in [1.54, 1.807) is 0 Å². The molecule has 0 aliphatic carbocycles. The van der Waals surface area contributed by atoms with Crippen molar-refractivity contribution in [3.05, 3.63) is 0 Å². The van der Waals surface area contributed by atoms with Gasteiger partial charge < -0.3 is 5.21 Å². The molecule has 0 unspecified atom stereocenters. The number of hydrogen-bond donors (Lipinski definition) is 1. The zero-order valence-electron chi connectivity index (χ0n) is 7.13. The molecule has 3 heteroatoms. The van der Waals surface area contributed by atoms with Crippen molar-refractivity contribution in [1.82, 2.24) is 0 Å². The van der Waals surface area contributed by atoms with Crippen molar-refractivity contribution in [1.29, 1.82) is 0 Å². The van der Waals surface area contributed by atoms with Crippen molar-refractivity contribution in [2.45, 2.75) is 39.5 Å². The lowest BCUT2D eigenvalue weighted by molar-refractivity contribution is -0.111. The molecule has 1 N–H and O–H groups in total. The zero-order valence-corrected chi connectivity index (χ0v) is 7.13. The lowest BCUT2D eigenvalue weighted by Gasteiger charge is -1.97. The first-order valence-electron chi connectivity index (χ1n) is 3.94. The van der Waals surface area contributed by atoms with E-state index in [-0.39, 0.29) is 5.78 Å². The van der Waals surface area contributed by atoms with E-state index in [4.69, 9.17) is 5.21 Å². The average molecular weight is 157 g/mol. The van der Waals surface area contributed by atoms with Gasteiger partial charge in [-0.2, -0.15) is 0 Å². The lowest BCUT2D eigenvalue weighted by atomic mass is 10.1. The Balaban J connectivity index is 3.63. The van der Waals surface area contributed by atoms with Crippen LogP contribution in [0.4, 0.5) is 0 Å².